The first-order valence-electron chi connectivity index (χ1n) is 6.37. The minimum atomic E-state index is 0.846. The van der Waals surface area contributed by atoms with E-state index in [1.165, 1.54) is 25.9 Å². The van der Waals surface area contributed by atoms with Crippen LogP contribution in [-0.4, -0.2) is 35.1 Å². The molecule has 4 nitrogen and oxygen atoms in total. The number of methoxy groups -OCH3 is 1. The molecule has 1 aromatic carbocycles. The Bertz CT molecular complexity index is 550. The van der Waals surface area contributed by atoms with Crippen molar-refractivity contribution in [3.05, 3.63) is 30.2 Å². The van der Waals surface area contributed by atoms with Gasteiger partial charge in [0.1, 0.15) is 11.6 Å². The summed E-state index contributed by atoms with van der Waals surface area (Å²) in [7, 11) is 1.67. The van der Waals surface area contributed by atoms with Gasteiger partial charge in [0.2, 0.25) is 0 Å². The van der Waals surface area contributed by atoms with E-state index in [1.807, 2.05) is 24.4 Å². The maximum atomic E-state index is 5.20. The van der Waals surface area contributed by atoms with Crippen LogP contribution in [0, 0.1) is 0 Å². The van der Waals surface area contributed by atoms with Crippen molar-refractivity contribution < 1.29 is 4.74 Å². The quantitative estimate of drug-likeness (QED) is 0.828. The molecule has 2 heterocycles. The van der Waals surface area contributed by atoms with Crippen molar-refractivity contribution in [1.82, 2.24) is 14.9 Å². The van der Waals surface area contributed by atoms with Crippen LogP contribution in [0.15, 0.2) is 24.4 Å². The Kier molecular flexibility index (Phi) is 3.11. The maximum Gasteiger partial charge on any atom is 0.142 e. The smallest absolute Gasteiger partial charge is 0.142 e. The molecule has 3 rings (SSSR count). The molecule has 0 N–H and O–H groups in total. The van der Waals surface area contributed by atoms with E-state index >= 15 is 0 Å². The molecule has 0 aliphatic carbocycles. The highest BCUT2D eigenvalue weighted by Crippen LogP contribution is 2.19. The maximum absolute atomic E-state index is 5.20. The van der Waals surface area contributed by atoms with Gasteiger partial charge in [-0.15, -0.1) is 0 Å². The third-order valence-electron chi connectivity index (χ3n) is 3.40. The Morgan fingerprint density at radius 3 is 2.89 bits per heavy atom. The van der Waals surface area contributed by atoms with Crippen LogP contribution in [0.4, 0.5) is 0 Å². The first-order chi connectivity index (χ1) is 8.85. The zero-order chi connectivity index (χ0) is 12.4. The van der Waals surface area contributed by atoms with Gasteiger partial charge in [0.15, 0.2) is 0 Å². The van der Waals surface area contributed by atoms with Crippen molar-refractivity contribution >= 4 is 10.9 Å². The standard InChI is InChI=1S/C14H17N3O/c1-18-12-4-5-13-11(8-12)9-15-14(16-13)10-17-6-2-3-7-17/h4-5,8-9H,2-3,6-7,10H2,1H3. The van der Waals surface area contributed by atoms with E-state index in [4.69, 9.17) is 4.74 Å². The molecule has 0 bridgehead atoms. The van der Waals surface area contributed by atoms with E-state index in [-0.39, 0.29) is 0 Å². The number of nitrogens with zero attached hydrogens (tertiary/aromatic N) is 3. The van der Waals surface area contributed by atoms with Crippen molar-refractivity contribution in [3.63, 3.8) is 0 Å². The number of hydrogen-bond acceptors (Lipinski definition) is 4. The van der Waals surface area contributed by atoms with Crippen LogP contribution in [0.3, 0.4) is 0 Å². The van der Waals surface area contributed by atoms with Gasteiger partial charge in [0.05, 0.1) is 19.2 Å². The van der Waals surface area contributed by atoms with Crippen molar-refractivity contribution in [3.8, 4) is 5.75 Å². The number of hydrogen-bond donors (Lipinski definition) is 0. The zero-order valence-corrected chi connectivity index (χ0v) is 10.6. The molecule has 0 unspecified atom stereocenters. The third-order valence-corrected chi connectivity index (χ3v) is 3.40. The van der Waals surface area contributed by atoms with Crippen LogP contribution in [0.2, 0.25) is 0 Å². The molecule has 0 amide bonds. The van der Waals surface area contributed by atoms with Crippen LogP contribution in [0.1, 0.15) is 18.7 Å². The Morgan fingerprint density at radius 2 is 2.11 bits per heavy atom. The lowest BCUT2D eigenvalue weighted by atomic mass is 10.2. The SMILES string of the molecule is COc1ccc2nc(CN3CCCC3)ncc2c1. The summed E-state index contributed by atoms with van der Waals surface area (Å²) in [6.07, 6.45) is 4.48. The molecule has 1 aliphatic rings. The molecule has 0 atom stereocenters. The van der Waals surface area contributed by atoms with E-state index < -0.39 is 0 Å². The van der Waals surface area contributed by atoms with Gasteiger partial charge in [-0.1, -0.05) is 0 Å². The van der Waals surface area contributed by atoms with Crippen LogP contribution >= 0.6 is 0 Å². The summed E-state index contributed by atoms with van der Waals surface area (Å²) in [5, 5.41) is 1.03. The number of likely N-dealkylation sites (tertiary alicyclic amines) is 1. The summed E-state index contributed by atoms with van der Waals surface area (Å²) in [6, 6.07) is 5.90. The van der Waals surface area contributed by atoms with E-state index in [9.17, 15) is 0 Å². The van der Waals surface area contributed by atoms with Crippen LogP contribution < -0.4 is 4.74 Å². The third kappa shape index (κ3) is 2.29. The highest BCUT2D eigenvalue weighted by atomic mass is 16.5. The summed E-state index contributed by atoms with van der Waals surface area (Å²) >= 11 is 0. The van der Waals surface area contributed by atoms with E-state index in [0.29, 0.717) is 0 Å². The first kappa shape index (κ1) is 11.4. The first-order valence-corrected chi connectivity index (χ1v) is 6.37. The molecule has 0 radical (unpaired) electrons. The molecular formula is C14H17N3O. The van der Waals surface area contributed by atoms with Gasteiger partial charge < -0.3 is 4.74 Å². The van der Waals surface area contributed by atoms with Gasteiger partial charge >= 0.3 is 0 Å². The van der Waals surface area contributed by atoms with Crippen LogP contribution in [0.5, 0.6) is 5.75 Å². The highest BCUT2D eigenvalue weighted by molar-refractivity contribution is 5.79. The van der Waals surface area contributed by atoms with E-state index in [1.54, 1.807) is 7.11 Å². The fourth-order valence-corrected chi connectivity index (χ4v) is 2.39. The van der Waals surface area contributed by atoms with E-state index in [0.717, 1.165) is 29.0 Å². The largest absolute Gasteiger partial charge is 0.497 e. The van der Waals surface area contributed by atoms with E-state index in [2.05, 4.69) is 14.9 Å². The monoisotopic (exact) mass is 243 g/mol. The van der Waals surface area contributed by atoms with Crippen molar-refractivity contribution in [2.45, 2.75) is 19.4 Å². The second-order valence-corrected chi connectivity index (χ2v) is 4.69. The fraction of sp³-hybridized carbons (Fsp3) is 0.429. The Labute approximate surface area is 107 Å². The second kappa shape index (κ2) is 4.90. The lowest BCUT2D eigenvalue weighted by molar-refractivity contribution is 0.323. The van der Waals surface area contributed by atoms with Crippen LogP contribution in [0.25, 0.3) is 10.9 Å². The molecule has 94 valence electrons. The Hall–Kier alpha value is -1.68. The molecule has 1 aromatic heterocycles. The van der Waals surface area contributed by atoms with Crippen LogP contribution in [-0.2, 0) is 6.54 Å². The molecular weight excluding hydrogens is 226 g/mol. The predicted molar refractivity (Wildman–Crippen MR) is 70.6 cm³/mol. The number of benzene rings is 1. The molecule has 1 fully saturated rings. The Balaban J connectivity index is 1.86. The fourth-order valence-electron chi connectivity index (χ4n) is 2.39. The average Bonchev–Trinajstić information content (AvgIpc) is 2.91. The lowest BCUT2D eigenvalue weighted by Crippen LogP contribution is -2.19. The van der Waals surface area contributed by atoms with Gasteiger partial charge in [-0.3, -0.25) is 4.90 Å². The van der Waals surface area contributed by atoms with Gasteiger partial charge in [0, 0.05) is 11.6 Å². The summed E-state index contributed by atoms with van der Waals surface area (Å²) in [4.78, 5) is 11.5. The summed E-state index contributed by atoms with van der Waals surface area (Å²) in [6.45, 7) is 3.20. The van der Waals surface area contributed by atoms with Gasteiger partial charge in [-0.2, -0.15) is 0 Å². The minimum Gasteiger partial charge on any atom is -0.497 e. The molecule has 4 heteroatoms. The molecule has 2 aromatic rings. The summed E-state index contributed by atoms with van der Waals surface area (Å²) in [5.41, 5.74) is 0.986. The van der Waals surface area contributed by atoms with Gasteiger partial charge in [-0.05, 0) is 44.1 Å². The van der Waals surface area contributed by atoms with Gasteiger partial charge in [-0.25, -0.2) is 9.97 Å². The number of aromatic nitrogens is 2. The zero-order valence-electron chi connectivity index (χ0n) is 10.6. The van der Waals surface area contributed by atoms with Crippen molar-refractivity contribution in [2.24, 2.45) is 0 Å². The number of rotatable bonds is 3. The normalized spacial score (nSPS) is 16.3. The average molecular weight is 243 g/mol. The minimum absolute atomic E-state index is 0.846. The molecule has 18 heavy (non-hydrogen) atoms. The van der Waals surface area contributed by atoms with Gasteiger partial charge in [0.25, 0.3) is 0 Å². The lowest BCUT2D eigenvalue weighted by Gasteiger charge is -2.13. The van der Waals surface area contributed by atoms with Crippen molar-refractivity contribution in [2.75, 3.05) is 20.2 Å². The predicted octanol–water partition coefficient (Wildman–Crippen LogP) is 2.23. The number of fused-ring (bicyclic) bond motifs is 1. The molecule has 1 aliphatic heterocycles. The topological polar surface area (TPSA) is 38.2 Å². The summed E-state index contributed by atoms with van der Waals surface area (Å²) in [5.74, 6) is 1.76. The Morgan fingerprint density at radius 1 is 1.28 bits per heavy atom. The summed E-state index contributed by atoms with van der Waals surface area (Å²) < 4.78 is 5.20. The van der Waals surface area contributed by atoms with Crippen molar-refractivity contribution in [1.29, 1.82) is 0 Å². The molecule has 1 saturated heterocycles. The molecule has 0 saturated carbocycles. The number of ether oxygens (including phenoxy) is 1. The molecule has 0 spiro atoms. The second-order valence-electron chi connectivity index (χ2n) is 4.69. The highest BCUT2D eigenvalue weighted by Gasteiger charge is 2.13.